The van der Waals surface area contributed by atoms with E-state index in [1.165, 1.54) is 32.2 Å². The van der Waals surface area contributed by atoms with E-state index in [2.05, 4.69) is 15.3 Å². The number of rotatable bonds is 3. The van der Waals surface area contributed by atoms with Crippen LogP contribution in [-0.2, 0) is 10.3 Å². The third-order valence-electron chi connectivity index (χ3n) is 4.83. The molecular weight excluding hydrogens is 444 g/mol. The van der Waals surface area contributed by atoms with E-state index >= 15 is 8.78 Å². The van der Waals surface area contributed by atoms with Crippen LogP contribution in [0.5, 0.6) is 0 Å². The van der Waals surface area contributed by atoms with E-state index in [-0.39, 0.29) is 21.4 Å². The highest BCUT2D eigenvalue weighted by Crippen LogP contribution is 2.51. The standard InChI is InChI=1S/C19H17Cl2F3N4O2/c1-17(2)19(23,24)18(3,30-16(25)28-17)11-7-10(4-5-13(11)22)27-15(29)14-12(21)6-9(20)8-26-14/h4-8H,1-3H3,(H2,25,28)(H,27,29)/t18-/m1/s1. The molecule has 3 rings (SSSR count). The van der Waals surface area contributed by atoms with Crippen LogP contribution in [0.25, 0.3) is 0 Å². The lowest BCUT2D eigenvalue weighted by Crippen LogP contribution is -2.62. The minimum Gasteiger partial charge on any atom is -0.448 e. The molecule has 0 spiro atoms. The number of nitrogens with two attached hydrogens (primary N) is 1. The molecule has 1 atom stereocenters. The molecule has 160 valence electrons. The van der Waals surface area contributed by atoms with Crippen LogP contribution < -0.4 is 11.1 Å². The summed E-state index contributed by atoms with van der Waals surface area (Å²) in [5, 5.41) is 2.66. The van der Waals surface area contributed by atoms with Gasteiger partial charge >= 0.3 is 5.92 Å². The molecule has 0 unspecified atom stereocenters. The van der Waals surface area contributed by atoms with Crippen LogP contribution in [0.3, 0.4) is 0 Å². The maximum Gasteiger partial charge on any atom is 0.315 e. The number of amides is 1. The van der Waals surface area contributed by atoms with Gasteiger partial charge in [-0.25, -0.2) is 14.4 Å². The molecule has 2 heterocycles. The van der Waals surface area contributed by atoms with Crippen molar-refractivity contribution in [2.75, 3.05) is 5.32 Å². The van der Waals surface area contributed by atoms with Crippen LogP contribution >= 0.6 is 23.2 Å². The van der Waals surface area contributed by atoms with Gasteiger partial charge in [-0.05, 0) is 45.0 Å². The molecule has 3 N–H and O–H groups in total. The molecule has 6 nitrogen and oxygen atoms in total. The number of pyridine rings is 1. The summed E-state index contributed by atoms with van der Waals surface area (Å²) in [6, 6.07) is 4.00. The van der Waals surface area contributed by atoms with Crippen LogP contribution in [0.4, 0.5) is 18.9 Å². The minimum absolute atomic E-state index is 0.0119. The average Bonchev–Trinajstić information content (AvgIpc) is 2.61. The normalized spacial score (nSPS) is 22.1. The lowest BCUT2D eigenvalue weighted by atomic mass is 9.78. The number of alkyl halides is 2. The number of hydrogen-bond acceptors (Lipinski definition) is 5. The zero-order chi connectivity index (χ0) is 22.5. The predicted molar refractivity (Wildman–Crippen MR) is 108 cm³/mol. The maximum atomic E-state index is 15.2. The van der Waals surface area contributed by atoms with E-state index < -0.39 is 40.4 Å². The van der Waals surface area contributed by atoms with Crippen molar-refractivity contribution >= 4 is 40.8 Å². The van der Waals surface area contributed by atoms with Gasteiger partial charge in [0.15, 0.2) is 0 Å². The number of aliphatic imine (C=N–C) groups is 1. The number of halogens is 5. The number of aromatic nitrogens is 1. The molecule has 1 aliphatic rings. The van der Waals surface area contributed by atoms with Gasteiger partial charge in [0.05, 0.1) is 10.0 Å². The monoisotopic (exact) mass is 460 g/mol. The quantitative estimate of drug-likeness (QED) is 0.690. The highest BCUT2D eigenvalue weighted by Gasteiger charge is 2.66. The van der Waals surface area contributed by atoms with Gasteiger partial charge in [-0.15, -0.1) is 0 Å². The molecule has 0 radical (unpaired) electrons. The van der Waals surface area contributed by atoms with Crippen LogP contribution in [0.2, 0.25) is 10.0 Å². The number of carbonyl (C=O) groups is 1. The largest absolute Gasteiger partial charge is 0.448 e. The van der Waals surface area contributed by atoms with Gasteiger partial charge in [0.25, 0.3) is 11.9 Å². The topological polar surface area (TPSA) is 89.6 Å². The van der Waals surface area contributed by atoms with Crippen molar-refractivity contribution in [1.82, 2.24) is 4.98 Å². The molecule has 0 saturated heterocycles. The third kappa shape index (κ3) is 3.56. The molecule has 1 aliphatic heterocycles. The highest BCUT2D eigenvalue weighted by molar-refractivity contribution is 6.36. The molecule has 0 fully saturated rings. The van der Waals surface area contributed by atoms with Gasteiger partial charge in [-0.2, -0.15) is 8.78 Å². The minimum atomic E-state index is -3.65. The van der Waals surface area contributed by atoms with Crippen molar-refractivity contribution in [3.05, 3.63) is 57.6 Å². The van der Waals surface area contributed by atoms with E-state index in [1.54, 1.807) is 0 Å². The number of nitrogens with zero attached hydrogens (tertiary/aromatic N) is 2. The zero-order valence-corrected chi connectivity index (χ0v) is 17.6. The molecule has 11 heteroatoms. The Hall–Kier alpha value is -2.52. The Kier molecular flexibility index (Phi) is 5.41. The molecule has 2 aromatic rings. The lowest BCUT2D eigenvalue weighted by molar-refractivity contribution is -0.215. The van der Waals surface area contributed by atoms with Gasteiger partial charge < -0.3 is 15.8 Å². The van der Waals surface area contributed by atoms with Gasteiger partial charge in [-0.3, -0.25) is 4.79 Å². The number of ether oxygens (including phenoxy) is 1. The van der Waals surface area contributed by atoms with E-state index in [0.717, 1.165) is 19.1 Å². The van der Waals surface area contributed by atoms with Crippen LogP contribution in [0.1, 0.15) is 36.8 Å². The van der Waals surface area contributed by atoms with Crippen molar-refractivity contribution in [3.8, 4) is 0 Å². The van der Waals surface area contributed by atoms with Crippen molar-refractivity contribution < 1.29 is 22.7 Å². The fourth-order valence-corrected chi connectivity index (χ4v) is 3.66. The fraction of sp³-hybridized carbons (Fsp3) is 0.316. The average molecular weight is 461 g/mol. The first-order valence-electron chi connectivity index (χ1n) is 8.63. The van der Waals surface area contributed by atoms with E-state index in [1.807, 2.05) is 0 Å². The Morgan fingerprint density at radius 1 is 1.20 bits per heavy atom. The predicted octanol–water partition coefficient (Wildman–Crippen LogP) is 4.75. The van der Waals surface area contributed by atoms with Crippen LogP contribution in [0, 0.1) is 5.82 Å². The SMILES string of the molecule is CC1(C)N=C(N)O[C@](C)(c2cc(NC(=O)c3ncc(Cl)cc3Cl)ccc2F)C1(F)F. The summed E-state index contributed by atoms with van der Waals surface area (Å²) in [4.78, 5) is 20.0. The second-order valence-corrected chi connectivity index (χ2v) is 8.20. The Morgan fingerprint density at radius 3 is 2.50 bits per heavy atom. The Balaban J connectivity index is 2.01. The molecule has 0 saturated carbocycles. The summed E-state index contributed by atoms with van der Waals surface area (Å²) >= 11 is 11.7. The summed E-state index contributed by atoms with van der Waals surface area (Å²) in [7, 11) is 0. The van der Waals surface area contributed by atoms with Crippen LogP contribution in [-0.4, -0.2) is 28.4 Å². The zero-order valence-electron chi connectivity index (χ0n) is 16.1. The molecule has 0 aliphatic carbocycles. The second kappa shape index (κ2) is 7.31. The first kappa shape index (κ1) is 22.2. The Labute approximate surface area is 180 Å². The van der Waals surface area contributed by atoms with Crippen molar-refractivity contribution in [2.45, 2.75) is 37.8 Å². The molecule has 1 amide bonds. The smallest absolute Gasteiger partial charge is 0.315 e. The van der Waals surface area contributed by atoms with E-state index in [0.29, 0.717) is 0 Å². The number of anilines is 1. The molecule has 1 aromatic heterocycles. The summed E-state index contributed by atoms with van der Waals surface area (Å²) in [5.74, 6) is -5.35. The first-order valence-corrected chi connectivity index (χ1v) is 9.38. The van der Waals surface area contributed by atoms with E-state index in [4.69, 9.17) is 33.7 Å². The number of carbonyl (C=O) groups excluding carboxylic acids is 1. The summed E-state index contributed by atoms with van der Waals surface area (Å²) in [5.41, 5.74) is 0.508. The second-order valence-electron chi connectivity index (χ2n) is 7.35. The number of benzene rings is 1. The first-order chi connectivity index (χ1) is 13.8. The van der Waals surface area contributed by atoms with Crippen LogP contribution in [0.15, 0.2) is 35.5 Å². The fourth-order valence-electron chi connectivity index (χ4n) is 3.19. The molecule has 0 bridgehead atoms. The van der Waals surface area contributed by atoms with Crippen molar-refractivity contribution in [2.24, 2.45) is 10.7 Å². The summed E-state index contributed by atoms with van der Waals surface area (Å²) in [6.45, 7) is 3.34. The number of amidine groups is 1. The summed E-state index contributed by atoms with van der Waals surface area (Å²) in [6.07, 6.45) is 1.22. The third-order valence-corrected chi connectivity index (χ3v) is 5.32. The maximum absolute atomic E-state index is 15.2. The molecular formula is C19H17Cl2F3N4O2. The Morgan fingerprint density at radius 2 is 1.87 bits per heavy atom. The van der Waals surface area contributed by atoms with Crippen molar-refractivity contribution in [3.63, 3.8) is 0 Å². The van der Waals surface area contributed by atoms with Gasteiger partial charge in [0.1, 0.15) is 17.1 Å². The van der Waals surface area contributed by atoms with Gasteiger partial charge in [0.2, 0.25) is 5.60 Å². The highest BCUT2D eigenvalue weighted by atomic mass is 35.5. The van der Waals surface area contributed by atoms with E-state index in [9.17, 15) is 9.18 Å². The molecule has 1 aromatic carbocycles. The van der Waals surface area contributed by atoms with Gasteiger partial charge in [-0.1, -0.05) is 23.2 Å². The van der Waals surface area contributed by atoms with Gasteiger partial charge in [0, 0.05) is 17.4 Å². The number of hydrogen-bond donors (Lipinski definition) is 2. The Bertz CT molecular complexity index is 1060. The number of nitrogens with one attached hydrogen (secondary N) is 1. The molecule has 30 heavy (non-hydrogen) atoms. The summed E-state index contributed by atoms with van der Waals surface area (Å²) < 4.78 is 50.3. The lowest BCUT2D eigenvalue weighted by Gasteiger charge is -2.47. The van der Waals surface area contributed by atoms with Crippen molar-refractivity contribution in [1.29, 1.82) is 0 Å².